The van der Waals surface area contributed by atoms with Gasteiger partial charge in [0.05, 0.1) is 16.0 Å². The van der Waals surface area contributed by atoms with E-state index >= 15 is 0 Å². The molecule has 0 aromatic heterocycles. The van der Waals surface area contributed by atoms with Gasteiger partial charge >= 0.3 is 0 Å². The minimum absolute atomic E-state index is 0.0578. The molecule has 1 aromatic rings. The minimum atomic E-state index is -0.586. The lowest BCUT2D eigenvalue weighted by Gasteiger charge is -2.34. The van der Waals surface area contributed by atoms with E-state index in [-0.39, 0.29) is 21.9 Å². The lowest BCUT2D eigenvalue weighted by atomic mass is 9.98. The highest BCUT2D eigenvalue weighted by Gasteiger charge is 2.30. The maximum Gasteiger partial charge on any atom is 0.258 e. The molecule has 0 aliphatic carbocycles. The van der Waals surface area contributed by atoms with Gasteiger partial charge in [-0.3, -0.25) is 4.79 Å². The molecule has 1 fully saturated rings. The maximum atomic E-state index is 13.7. The standard InChI is InChI=1S/C13H14Cl2FNO/c1-8-5-6-17(7-10(8)15)13(18)12-9(14)3-2-4-11(12)16/h2-4,8,10H,5-7H2,1H3. The normalized spacial score (nSPS) is 24.1. The summed E-state index contributed by atoms with van der Waals surface area (Å²) in [7, 11) is 0. The van der Waals surface area contributed by atoms with Crippen LogP contribution in [-0.2, 0) is 0 Å². The molecule has 1 aromatic carbocycles. The summed E-state index contributed by atoms with van der Waals surface area (Å²) < 4.78 is 13.7. The third-order valence-corrected chi connectivity index (χ3v) is 4.21. The number of hydrogen-bond donors (Lipinski definition) is 0. The Hall–Kier alpha value is -0.800. The average Bonchev–Trinajstić information content (AvgIpc) is 2.32. The van der Waals surface area contributed by atoms with Crippen molar-refractivity contribution in [2.45, 2.75) is 18.7 Å². The van der Waals surface area contributed by atoms with Crippen LogP contribution in [0.2, 0.25) is 5.02 Å². The first-order valence-corrected chi connectivity index (χ1v) is 6.69. The van der Waals surface area contributed by atoms with Gasteiger partial charge < -0.3 is 4.90 Å². The van der Waals surface area contributed by atoms with Gasteiger partial charge in [-0.1, -0.05) is 24.6 Å². The molecule has 0 N–H and O–H groups in total. The Labute approximate surface area is 116 Å². The van der Waals surface area contributed by atoms with Crippen molar-refractivity contribution in [1.82, 2.24) is 4.90 Å². The van der Waals surface area contributed by atoms with Crippen molar-refractivity contribution in [3.8, 4) is 0 Å². The molecule has 0 saturated carbocycles. The van der Waals surface area contributed by atoms with Crippen LogP contribution in [0.1, 0.15) is 23.7 Å². The molecule has 1 saturated heterocycles. The number of alkyl halides is 1. The van der Waals surface area contributed by atoms with E-state index in [0.717, 1.165) is 6.42 Å². The molecule has 2 atom stereocenters. The molecule has 5 heteroatoms. The van der Waals surface area contributed by atoms with Crippen LogP contribution in [0.5, 0.6) is 0 Å². The van der Waals surface area contributed by atoms with Crippen LogP contribution >= 0.6 is 23.2 Å². The van der Waals surface area contributed by atoms with Gasteiger partial charge in [-0.2, -0.15) is 0 Å². The van der Waals surface area contributed by atoms with Gasteiger partial charge in [0.1, 0.15) is 5.82 Å². The number of carbonyl (C=O) groups is 1. The molecule has 2 unspecified atom stereocenters. The Balaban J connectivity index is 2.22. The molecular weight excluding hydrogens is 276 g/mol. The predicted molar refractivity (Wildman–Crippen MR) is 70.7 cm³/mol. The molecule has 0 spiro atoms. The average molecular weight is 290 g/mol. The largest absolute Gasteiger partial charge is 0.337 e. The monoisotopic (exact) mass is 289 g/mol. The van der Waals surface area contributed by atoms with Crippen LogP contribution in [-0.4, -0.2) is 29.3 Å². The summed E-state index contributed by atoms with van der Waals surface area (Å²) in [5, 5.41) is 0.0537. The van der Waals surface area contributed by atoms with E-state index in [0.29, 0.717) is 19.0 Å². The molecule has 98 valence electrons. The fourth-order valence-electron chi connectivity index (χ4n) is 2.07. The molecule has 2 nitrogen and oxygen atoms in total. The molecule has 1 aliphatic heterocycles. The Kier molecular flexibility index (Phi) is 4.13. The number of hydrogen-bond acceptors (Lipinski definition) is 1. The number of rotatable bonds is 1. The van der Waals surface area contributed by atoms with Gasteiger partial charge in [0.25, 0.3) is 5.91 Å². The molecule has 1 heterocycles. The van der Waals surface area contributed by atoms with Crippen LogP contribution < -0.4 is 0 Å². The van der Waals surface area contributed by atoms with E-state index in [4.69, 9.17) is 23.2 Å². The molecular formula is C13H14Cl2FNO. The highest BCUT2D eigenvalue weighted by Crippen LogP contribution is 2.26. The second kappa shape index (κ2) is 5.45. The predicted octanol–water partition coefficient (Wildman–Crippen LogP) is 3.57. The first-order valence-electron chi connectivity index (χ1n) is 5.88. The molecule has 2 rings (SSSR count). The van der Waals surface area contributed by atoms with E-state index < -0.39 is 5.82 Å². The van der Waals surface area contributed by atoms with Gasteiger partial charge in [0.2, 0.25) is 0 Å². The quantitative estimate of drug-likeness (QED) is 0.724. The van der Waals surface area contributed by atoms with Crippen molar-refractivity contribution in [3.63, 3.8) is 0 Å². The zero-order valence-electron chi connectivity index (χ0n) is 10.00. The first-order chi connectivity index (χ1) is 8.50. The number of piperidine rings is 1. The van der Waals surface area contributed by atoms with E-state index in [9.17, 15) is 9.18 Å². The SMILES string of the molecule is CC1CCN(C(=O)c2c(F)cccc2Cl)CC1Cl. The summed E-state index contributed by atoms with van der Waals surface area (Å²) in [5.41, 5.74) is -0.0578. The zero-order valence-corrected chi connectivity index (χ0v) is 11.5. The van der Waals surface area contributed by atoms with Crippen LogP contribution in [0.25, 0.3) is 0 Å². The number of nitrogens with zero attached hydrogens (tertiary/aromatic N) is 1. The maximum absolute atomic E-state index is 13.7. The van der Waals surface area contributed by atoms with Crippen LogP contribution in [0.15, 0.2) is 18.2 Å². The minimum Gasteiger partial charge on any atom is -0.337 e. The molecule has 1 amide bonds. The lowest BCUT2D eigenvalue weighted by molar-refractivity contribution is 0.0697. The second-order valence-corrected chi connectivity index (χ2v) is 5.60. The highest BCUT2D eigenvalue weighted by atomic mass is 35.5. The topological polar surface area (TPSA) is 20.3 Å². The van der Waals surface area contributed by atoms with Gasteiger partial charge in [0, 0.05) is 13.1 Å². The van der Waals surface area contributed by atoms with E-state index in [1.54, 1.807) is 4.90 Å². The first kappa shape index (κ1) is 13.6. The molecule has 18 heavy (non-hydrogen) atoms. The smallest absolute Gasteiger partial charge is 0.258 e. The van der Waals surface area contributed by atoms with Crippen molar-refractivity contribution in [3.05, 3.63) is 34.6 Å². The number of likely N-dealkylation sites (tertiary alicyclic amines) is 1. The molecule has 1 aliphatic rings. The summed E-state index contributed by atoms with van der Waals surface area (Å²) in [4.78, 5) is 13.8. The van der Waals surface area contributed by atoms with Crippen LogP contribution in [0.4, 0.5) is 4.39 Å². The van der Waals surface area contributed by atoms with Crippen molar-refractivity contribution in [2.24, 2.45) is 5.92 Å². The van der Waals surface area contributed by atoms with Gasteiger partial charge in [-0.15, -0.1) is 11.6 Å². The highest BCUT2D eigenvalue weighted by molar-refractivity contribution is 6.33. The van der Waals surface area contributed by atoms with Crippen molar-refractivity contribution in [1.29, 1.82) is 0 Å². The van der Waals surface area contributed by atoms with E-state index in [1.165, 1.54) is 18.2 Å². The Morgan fingerprint density at radius 2 is 2.22 bits per heavy atom. The fourth-order valence-corrected chi connectivity index (χ4v) is 2.60. The third kappa shape index (κ3) is 2.62. The number of halogens is 3. The third-order valence-electron chi connectivity index (χ3n) is 3.33. The Morgan fingerprint density at radius 1 is 1.50 bits per heavy atom. The van der Waals surface area contributed by atoms with Gasteiger partial charge in [0.15, 0.2) is 0 Å². The van der Waals surface area contributed by atoms with E-state index in [1.807, 2.05) is 0 Å². The number of carbonyl (C=O) groups excluding carboxylic acids is 1. The number of benzene rings is 1. The van der Waals surface area contributed by atoms with Crippen LogP contribution in [0.3, 0.4) is 0 Å². The summed E-state index contributed by atoms with van der Waals surface area (Å²) in [6.07, 6.45) is 0.825. The zero-order chi connectivity index (χ0) is 13.3. The summed E-state index contributed by atoms with van der Waals surface area (Å²) in [6.45, 7) is 3.08. The summed E-state index contributed by atoms with van der Waals surface area (Å²) >= 11 is 12.0. The van der Waals surface area contributed by atoms with Gasteiger partial charge in [-0.25, -0.2) is 4.39 Å². The Bertz CT molecular complexity index is 446. The van der Waals surface area contributed by atoms with Crippen molar-refractivity contribution in [2.75, 3.05) is 13.1 Å². The lowest BCUT2D eigenvalue weighted by Crippen LogP contribution is -2.44. The van der Waals surface area contributed by atoms with E-state index in [2.05, 4.69) is 6.92 Å². The molecule has 0 radical (unpaired) electrons. The van der Waals surface area contributed by atoms with Crippen molar-refractivity contribution >= 4 is 29.1 Å². The fraction of sp³-hybridized carbons (Fsp3) is 0.462. The number of amides is 1. The van der Waals surface area contributed by atoms with Gasteiger partial charge in [-0.05, 0) is 24.5 Å². The van der Waals surface area contributed by atoms with Crippen molar-refractivity contribution < 1.29 is 9.18 Å². The second-order valence-electron chi connectivity index (χ2n) is 4.63. The summed E-state index contributed by atoms with van der Waals surface area (Å²) in [5.74, 6) is -0.597. The Morgan fingerprint density at radius 3 is 2.83 bits per heavy atom. The van der Waals surface area contributed by atoms with Crippen LogP contribution in [0, 0.1) is 11.7 Å². The summed E-state index contributed by atoms with van der Waals surface area (Å²) in [6, 6.07) is 4.24. The molecule has 0 bridgehead atoms.